The highest BCUT2D eigenvalue weighted by Crippen LogP contribution is 2.37. The van der Waals surface area contributed by atoms with Crippen molar-refractivity contribution < 1.29 is 59.2 Å². The van der Waals surface area contributed by atoms with Gasteiger partial charge in [-0.1, -0.05) is 20.3 Å². The van der Waals surface area contributed by atoms with Gasteiger partial charge in [-0.25, -0.2) is 9.59 Å². The van der Waals surface area contributed by atoms with E-state index in [1.54, 1.807) is 6.92 Å². The highest BCUT2D eigenvalue weighted by Gasteiger charge is 2.57. The largest absolute Gasteiger partial charge is 0.479 e. The maximum absolute atomic E-state index is 11.9. The van der Waals surface area contributed by atoms with E-state index in [1.165, 1.54) is 13.8 Å². The lowest BCUT2D eigenvalue weighted by Crippen LogP contribution is -2.68. The SMILES string of the molecule is CCC[C@](C)(N)C1C(C(=O)O)OC(OC2C(C(=O)O)OC(OC(C)(N)CC)C(O)C2O)C(O)C1O. The quantitative estimate of drug-likeness (QED) is 0.144. The topological polar surface area (TPSA) is 244 Å². The molecule has 14 heteroatoms. The van der Waals surface area contributed by atoms with Gasteiger partial charge in [0.25, 0.3) is 0 Å². The molecule has 0 spiro atoms. The Labute approximate surface area is 202 Å². The highest BCUT2D eigenvalue weighted by atomic mass is 16.7. The van der Waals surface area contributed by atoms with Crippen LogP contribution >= 0.6 is 0 Å². The Kier molecular flexibility index (Phi) is 9.60. The molecule has 204 valence electrons. The second kappa shape index (κ2) is 11.3. The second-order valence-electron chi connectivity index (χ2n) is 9.66. The minimum absolute atomic E-state index is 0.267. The molecule has 35 heavy (non-hydrogen) atoms. The van der Waals surface area contributed by atoms with Gasteiger partial charge in [0, 0.05) is 11.5 Å². The van der Waals surface area contributed by atoms with E-state index >= 15 is 0 Å². The number of aliphatic hydroxyl groups is 4. The van der Waals surface area contributed by atoms with Crippen LogP contribution < -0.4 is 11.5 Å². The summed E-state index contributed by atoms with van der Waals surface area (Å²) < 4.78 is 21.5. The van der Waals surface area contributed by atoms with Gasteiger partial charge in [-0.05, 0) is 26.7 Å². The van der Waals surface area contributed by atoms with E-state index in [4.69, 9.17) is 30.4 Å². The molecule has 2 aliphatic heterocycles. The van der Waals surface area contributed by atoms with Crippen LogP contribution in [-0.2, 0) is 28.5 Å². The van der Waals surface area contributed by atoms with Crippen LogP contribution in [-0.4, -0.2) is 109 Å². The number of nitrogens with two attached hydrogens (primary N) is 2. The molecule has 14 nitrogen and oxygen atoms in total. The van der Waals surface area contributed by atoms with Crippen molar-refractivity contribution in [1.29, 1.82) is 0 Å². The fraction of sp³-hybridized carbons (Fsp3) is 0.905. The Balaban J connectivity index is 2.30. The van der Waals surface area contributed by atoms with Gasteiger partial charge in [-0.3, -0.25) is 0 Å². The summed E-state index contributed by atoms with van der Waals surface area (Å²) in [5.74, 6) is -4.34. The van der Waals surface area contributed by atoms with Gasteiger partial charge in [0.05, 0.1) is 6.10 Å². The normalized spacial score (nSPS) is 41.5. The van der Waals surface area contributed by atoms with Crippen molar-refractivity contribution >= 4 is 11.9 Å². The van der Waals surface area contributed by atoms with Crippen molar-refractivity contribution in [2.24, 2.45) is 17.4 Å². The smallest absolute Gasteiger partial charge is 0.335 e. The summed E-state index contributed by atoms with van der Waals surface area (Å²) in [7, 11) is 0. The van der Waals surface area contributed by atoms with Crippen molar-refractivity contribution in [3.8, 4) is 0 Å². The van der Waals surface area contributed by atoms with Crippen LogP contribution in [0.25, 0.3) is 0 Å². The number of aliphatic carboxylic acids is 2. The van der Waals surface area contributed by atoms with Gasteiger partial charge >= 0.3 is 11.9 Å². The molecule has 2 saturated heterocycles. The zero-order valence-corrected chi connectivity index (χ0v) is 20.2. The summed E-state index contributed by atoms with van der Waals surface area (Å²) in [5, 5.41) is 61.9. The molecule has 2 fully saturated rings. The molecule has 0 aromatic carbocycles. The zero-order chi connectivity index (χ0) is 26.9. The van der Waals surface area contributed by atoms with E-state index in [2.05, 4.69) is 0 Å². The number of carboxylic acid groups (broad SMARTS) is 2. The standard InChI is InChI=1S/C21H38N2O12/c1-5-7-20(3,22)8-9(24)11(26)18(32-13(8)16(28)29)33-14-10(25)12(27)19(34-15(14)17(30)31)35-21(4,23)6-2/h8-15,18-19,24-27H,5-7,22-23H2,1-4H3,(H,28,29)(H,30,31)/t8?,9?,10?,11?,12?,13?,14?,15?,18?,19?,20-,21?/m0/s1. The monoisotopic (exact) mass is 510 g/mol. The number of hydrogen-bond donors (Lipinski definition) is 8. The summed E-state index contributed by atoms with van der Waals surface area (Å²) in [6.07, 6.45) is -15.3. The van der Waals surface area contributed by atoms with E-state index in [0.717, 1.165) is 0 Å². The number of aliphatic hydroxyl groups excluding tert-OH is 4. The minimum Gasteiger partial charge on any atom is -0.479 e. The first-order chi connectivity index (χ1) is 16.1. The van der Waals surface area contributed by atoms with E-state index < -0.39 is 84.4 Å². The number of hydrogen-bond acceptors (Lipinski definition) is 12. The van der Waals surface area contributed by atoms with Crippen molar-refractivity contribution in [2.45, 2.75) is 114 Å². The third kappa shape index (κ3) is 6.46. The molecule has 0 aliphatic carbocycles. The number of rotatable bonds is 10. The number of carboxylic acids is 2. The maximum Gasteiger partial charge on any atom is 0.335 e. The first-order valence-electron chi connectivity index (χ1n) is 11.5. The first-order valence-corrected chi connectivity index (χ1v) is 11.5. The Morgan fingerprint density at radius 2 is 1.37 bits per heavy atom. The number of carbonyl (C=O) groups is 2. The Morgan fingerprint density at radius 3 is 1.86 bits per heavy atom. The molecular formula is C21H38N2O12. The van der Waals surface area contributed by atoms with Crippen molar-refractivity contribution in [1.82, 2.24) is 0 Å². The molecule has 10 N–H and O–H groups in total. The maximum atomic E-state index is 11.9. The fourth-order valence-corrected chi connectivity index (χ4v) is 4.42. The highest BCUT2D eigenvalue weighted by molar-refractivity contribution is 5.74. The van der Waals surface area contributed by atoms with Gasteiger partial charge < -0.3 is 61.1 Å². The van der Waals surface area contributed by atoms with Crippen molar-refractivity contribution in [2.75, 3.05) is 0 Å². The minimum atomic E-state index is -1.93. The van der Waals surface area contributed by atoms with Gasteiger partial charge in [0.2, 0.25) is 0 Å². The first kappa shape index (κ1) is 29.8. The molecular weight excluding hydrogens is 472 g/mol. The summed E-state index contributed by atoms with van der Waals surface area (Å²) in [5.41, 5.74) is 9.57. The Bertz CT molecular complexity index is 750. The van der Waals surface area contributed by atoms with Gasteiger partial charge in [0.1, 0.15) is 30.1 Å². The second-order valence-corrected chi connectivity index (χ2v) is 9.66. The fourth-order valence-electron chi connectivity index (χ4n) is 4.42. The summed E-state index contributed by atoms with van der Waals surface area (Å²) in [6, 6.07) is 0. The average molecular weight is 511 g/mol. The molecule has 0 bridgehead atoms. The third-order valence-electron chi connectivity index (χ3n) is 6.56. The molecule has 0 radical (unpaired) electrons. The van der Waals surface area contributed by atoms with Crippen LogP contribution in [0.15, 0.2) is 0 Å². The predicted octanol–water partition coefficient (Wildman–Crippen LogP) is -2.33. The molecule has 11 unspecified atom stereocenters. The average Bonchev–Trinajstić information content (AvgIpc) is 2.75. The Hall–Kier alpha value is -1.46. The predicted molar refractivity (Wildman–Crippen MR) is 116 cm³/mol. The van der Waals surface area contributed by atoms with E-state index in [9.17, 15) is 40.2 Å². The third-order valence-corrected chi connectivity index (χ3v) is 6.56. The molecule has 0 aromatic heterocycles. The lowest BCUT2D eigenvalue weighted by atomic mass is 9.73. The molecule has 2 heterocycles. The van der Waals surface area contributed by atoms with Gasteiger partial charge in [-0.2, -0.15) is 0 Å². The van der Waals surface area contributed by atoms with E-state index in [-0.39, 0.29) is 6.42 Å². The summed E-state index contributed by atoms with van der Waals surface area (Å²) in [4.78, 5) is 23.8. The van der Waals surface area contributed by atoms with Crippen molar-refractivity contribution in [3.05, 3.63) is 0 Å². The van der Waals surface area contributed by atoms with Crippen LogP contribution in [0.5, 0.6) is 0 Å². The molecule has 12 atom stereocenters. The van der Waals surface area contributed by atoms with E-state index in [0.29, 0.717) is 12.8 Å². The van der Waals surface area contributed by atoms with Crippen LogP contribution in [0, 0.1) is 5.92 Å². The van der Waals surface area contributed by atoms with Crippen LogP contribution in [0.1, 0.15) is 47.0 Å². The lowest BCUT2D eigenvalue weighted by Gasteiger charge is -2.49. The van der Waals surface area contributed by atoms with Crippen LogP contribution in [0.4, 0.5) is 0 Å². The molecule has 0 amide bonds. The molecule has 0 aromatic rings. The van der Waals surface area contributed by atoms with Crippen LogP contribution in [0.3, 0.4) is 0 Å². The molecule has 0 saturated carbocycles. The van der Waals surface area contributed by atoms with Gasteiger partial charge in [0.15, 0.2) is 24.8 Å². The van der Waals surface area contributed by atoms with Crippen LogP contribution in [0.2, 0.25) is 0 Å². The lowest BCUT2D eigenvalue weighted by molar-refractivity contribution is -0.358. The van der Waals surface area contributed by atoms with Crippen molar-refractivity contribution in [3.63, 3.8) is 0 Å². The molecule has 2 rings (SSSR count). The number of ether oxygens (including phenoxy) is 4. The Morgan fingerprint density at radius 1 is 0.857 bits per heavy atom. The molecule has 2 aliphatic rings. The summed E-state index contributed by atoms with van der Waals surface area (Å²) in [6.45, 7) is 6.48. The van der Waals surface area contributed by atoms with Gasteiger partial charge in [-0.15, -0.1) is 0 Å². The van der Waals surface area contributed by atoms with E-state index in [1.807, 2.05) is 6.92 Å². The zero-order valence-electron chi connectivity index (χ0n) is 20.2. The summed E-state index contributed by atoms with van der Waals surface area (Å²) >= 11 is 0.